The van der Waals surface area contributed by atoms with E-state index in [1.54, 1.807) is 35.6 Å². The summed E-state index contributed by atoms with van der Waals surface area (Å²) >= 11 is 0. The van der Waals surface area contributed by atoms with E-state index in [4.69, 9.17) is 5.26 Å². The third-order valence-electron chi connectivity index (χ3n) is 2.25. The molecule has 1 fully saturated rings. The van der Waals surface area contributed by atoms with E-state index in [0.717, 1.165) is 18.7 Å². The standard InChI is InChI=1S/C11H9N2O/c12-8-9-3-5-10(6-4-9)13-7-1-2-11(13)14/h2-6H,1,7H2. The van der Waals surface area contributed by atoms with Crippen LogP contribution in [0, 0.1) is 17.8 Å². The summed E-state index contributed by atoms with van der Waals surface area (Å²) in [4.78, 5) is 13.0. The molecule has 1 aromatic rings. The van der Waals surface area contributed by atoms with Crippen molar-refractivity contribution < 1.29 is 4.79 Å². The Morgan fingerprint density at radius 2 is 2.00 bits per heavy atom. The Morgan fingerprint density at radius 3 is 2.50 bits per heavy atom. The van der Waals surface area contributed by atoms with Gasteiger partial charge in [-0.1, -0.05) is 0 Å². The Kier molecular flexibility index (Phi) is 2.19. The predicted molar refractivity (Wildman–Crippen MR) is 52.4 cm³/mol. The molecule has 3 nitrogen and oxygen atoms in total. The number of rotatable bonds is 1. The van der Waals surface area contributed by atoms with Crippen LogP contribution in [0.2, 0.25) is 0 Å². The highest BCUT2D eigenvalue weighted by atomic mass is 16.2. The van der Waals surface area contributed by atoms with Crippen LogP contribution in [0.1, 0.15) is 12.0 Å². The first-order valence-electron chi connectivity index (χ1n) is 4.46. The third kappa shape index (κ3) is 1.47. The van der Waals surface area contributed by atoms with Gasteiger partial charge in [0, 0.05) is 12.2 Å². The maximum atomic E-state index is 11.3. The molecule has 1 aliphatic rings. The largest absolute Gasteiger partial charge is 0.312 e. The van der Waals surface area contributed by atoms with Gasteiger partial charge in [0.2, 0.25) is 5.91 Å². The minimum Gasteiger partial charge on any atom is -0.312 e. The Hall–Kier alpha value is -1.82. The molecule has 0 spiro atoms. The van der Waals surface area contributed by atoms with Crippen molar-refractivity contribution in [2.45, 2.75) is 6.42 Å². The number of carbonyl (C=O) groups is 1. The zero-order chi connectivity index (χ0) is 9.97. The zero-order valence-corrected chi connectivity index (χ0v) is 7.60. The van der Waals surface area contributed by atoms with Crippen LogP contribution in [-0.4, -0.2) is 12.5 Å². The maximum absolute atomic E-state index is 11.3. The molecule has 1 amide bonds. The van der Waals surface area contributed by atoms with E-state index >= 15 is 0 Å². The normalized spacial score (nSPS) is 15.6. The fourth-order valence-electron chi connectivity index (χ4n) is 1.51. The summed E-state index contributed by atoms with van der Waals surface area (Å²) in [5, 5.41) is 8.61. The van der Waals surface area contributed by atoms with E-state index in [0.29, 0.717) is 5.56 Å². The third-order valence-corrected chi connectivity index (χ3v) is 2.25. The fraction of sp³-hybridized carbons (Fsp3) is 0.182. The number of anilines is 1. The van der Waals surface area contributed by atoms with E-state index in [9.17, 15) is 4.79 Å². The zero-order valence-electron chi connectivity index (χ0n) is 7.60. The van der Waals surface area contributed by atoms with Crippen molar-refractivity contribution in [1.82, 2.24) is 0 Å². The Labute approximate surface area is 82.6 Å². The van der Waals surface area contributed by atoms with Crippen LogP contribution in [0.3, 0.4) is 0 Å². The van der Waals surface area contributed by atoms with Crippen molar-refractivity contribution >= 4 is 11.6 Å². The van der Waals surface area contributed by atoms with Crippen molar-refractivity contribution in [2.75, 3.05) is 11.4 Å². The average Bonchev–Trinajstić information content (AvgIpc) is 2.65. The monoisotopic (exact) mass is 185 g/mol. The van der Waals surface area contributed by atoms with E-state index in [-0.39, 0.29) is 5.91 Å². The molecule has 0 saturated carbocycles. The molecule has 1 heterocycles. The molecule has 1 aromatic carbocycles. The number of amides is 1. The first kappa shape index (κ1) is 8.76. The van der Waals surface area contributed by atoms with Crippen LogP contribution in [0.25, 0.3) is 0 Å². The summed E-state index contributed by atoms with van der Waals surface area (Å²) in [5.41, 5.74) is 1.48. The highest BCUT2D eigenvalue weighted by Crippen LogP contribution is 2.20. The summed E-state index contributed by atoms with van der Waals surface area (Å²) in [6.07, 6.45) is 2.48. The molecule has 69 valence electrons. The molecule has 0 atom stereocenters. The molecule has 0 unspecified atom stereocenters. The van der Waals surface area contributed by atoms with Gasteiger partial charge in [0.05, 0.1) is 18.1 Å². The maximum Gasteiger partial charge on any atom is 0.230 e. The molecule has 1 saturated heterocycles. The van der Waals surface area contributed by atoms with Crippen molar-refractivity contribution in [3.05, 3.63) is 36.2 Å². The lowest BCUT2D eigenvalue weighted by molar-refractivity contribution is -0.114. The van der Waals surface area contributed by atoms with Crippen LogP contribution < -0.4 is 4.90 Å². The number of carbonyl (C=O) groups excluding carboxylic acids is 1. The molecule has 0 aromatic heterocycles. The summed E-state index contributed by atoms with van der Waals surface area (Å²) in [6.45, 7) is 0.741. The topological polar surface area (TPSA) is 44.1 Å². The van der Waals surface area contributed by atoms with Crippen LogP contribution in [0.4, 0.5) is 5.69 Å². The smallest absolute Gasteiger partial charge is 0.230 e. The molecular weight excluding hydrogens is 176 g/mol. The SMILES string of the molecule is N#Cc1ccc(N2CC[CH]C2=O)cc1. The van der Waals surface area contributed by atoms with Gasteiger partial charge in [0.1, 0.15) is 0 Å². The number of nitriles is 1. The Morgan fingerprint density at radius 1 is 1.29 bits per heavy atom. The van der Waals surface area contributed by atoms with E-state index < -0.39 is 0 Å². The first-order chi connectivity index (χ1) is 6.81. The predicted octanol–water partition coefficient (Wildman–Crippen LogP) is 1.50. The van der Waals surface area contributed by atoms with Gasteiger partial charge in [-0.3, -0.25) is 4.79 Å². The lowest BCUT2D eigenvalue weighted by Gasteiger charge is -2.14. The van der Waals surface area contributed by atoms with Crippen LogP contribution in [-0.2, 0) is 4.79 Å². The van der Waals surface area contributed by atoms with Gasteiger partial charge in [-0.2, -0.15) is 5.26 Å². The number of hydrogen-bond donors (Lipinski definition) is 0. The quantitative estimate of drug-likeness (QED) is 0.665. The molecule has 1 radical (unpaired) electrons. The average molecular weight is 185 g/mol. The van der Waals surface area contributed by atoms with E-state index in [1.807, 2.05) is 6.07 Å². The summed E-state index contributed by atoms with van der Waals surface area (Å²) in [5.74, 6) is 0.0507. The summed E-state index contributed by atoms with van der Waals surface area (Å²) in [7, 11) is 0. The Balaban J connectivity index is 2.25. The lowest BCUT2D eigenvalue weighted by atomic mass is 10.2. The lowest BCUT2D eigenvalue weighted by Crippen LogP contribution is -2.23. The summed E-state index contributed by atoms with van der Waals surface area (Å²) in [6, 6.07) is 9.09. The molecule has 1 aliphatic heterocycles. The fourth-order valence-corrected chi connectivity index (χ4v) is 1.51. The number of nitrogens with zero attached hydrogens (tertiary/aromatic N) is 2. The van der Waals surface area contributed by atoms with Gasteiger partial charge in [-0.25, -0.2) is 0 Å². The minimum atomic E-state index is 0.0507. The van der Waals surface area contributed by atoms with Gasteiger partial charge in [-0.15, -0.1) is 0 Å². The van der Waals surface area contributed by atoms with Gasteiger partial charge >= 0.3 is 0 Å². The molecule has 2 rings (SSSR count). The second kappa shape index (κ2) is 3.51. The highest BCUT2D eigenvalue weighted by Gasteiger charge is 2.21. The molecular formula is C11H9N2O. The Bertz CT molecular complexity index is 389. The minimum absolute atomic E-state index is 0.0507. The van der Waals surface area contributed by atoms with E-state index in [1.165, 1.54) is 0 Å². The van der Waals surface area contributed by atoms with Crippen molar-refractivity contribution in [2.24, 2.45) is 0 Å². The molecule has 0 aliphatic carbocycles. The van der Waals surface area contributed by atoms with Crippen LogP contribution >= 0.6 is 0 Å². The first-order valence-corrected chi connectivity index (χ1v) is 4.46. The molecule has 14 heavy (non-hydrogen) atoms. The number of hydrogen-bond acceptors (Lipinski definition) is 2. The molecule has 3 heteroatoms. The van der Waals surface area contributed by atoms with Crippen molar-refractivity contribution in [3.63, 3.8) is 0 Å². The van der Waals surface area contributed by atoms with Gasteiger partial charge in [0.25, 0.3) is 0 Å². The highest BCUT2D eigenvalue weighted by molar-refractivity contribution is 6.01. The second-order valence-corrected chi connectivity index (χ2v) is 3.14. The van der Waals surface area contributed by atoms with Crippen molar-refractivity contribution in [3.8, 4) is 6.07 Å². The molecule has 0 bridgehead atoms. The molecule has 0 N–H and O–H groups in total. The van der Waals surface area contributed by atoms with Gasteiger partial charge in [0.15, 0.2) is 0 Å². The van der Waals surface area contributed by atoms with E-state index in [2.05, 4.69) is 0 Å². The van der Waals surface area contributed by atoms with Crippen LogP contribution in [0.15, 0.2) is 24.3 Å². The van der Waals surface area contributed by atoms with Gasteiger partial charge in [-0.05, 0) is 30.7 Å². The summed E-state index contributed by atoms with van der Waals surface area (Å²) < 4.78 is 0. The van der Waals surface area contributed by atoms with Crippen LogP contribution in [0.5, 0.6) is 0 Å². The van der Waals surface area contributed by atoms with Gasteiger partial charge < -0.3 is 4.90 Å². The number of benzene rings is 1. The van der Waals surface area contributed by atoms with Crippen molar-refractivity contribution in [1.29, 1.82) is 5.26 Å². The second-order valence-electron chi connectivity index (χ2n) is 3.14.